The molecule has 0 atom stereocenters. The third kappa shape index (κ3) is 3.71. The summed E-state index contributed by atoms with van der Waals surface area (Å²) < 4.78 is 7.14. The molecular weight excluding hydrogens is 358 g/mol. The van der Waals surface area contributed by atoms with Gasteiger partial charge < -0.3 is 4.74 Å². The van der Waals surface area contributed by atoms with Crippen LogP contribution < -0.4 is 10.1 Å². The van der Waals surface area contributed by atoms with E-state index in [0.29, 0.717) is 11.6 Å². The van der Waals surface area contributed by atoms with Gasteiger partial charge in [0.1, 0.15) is 11.6 Å². The summed E-state index contributed by atoms with van der Waals surface area (Å²) in [6.07, 6.45) is -0.533. The van der Waals surface area contributed by atoms with E-state index in [1.807, 2.05) is 67.2 Å². The second-order valence-corrected chi connectivity index (χ2v) is 8.03. The fourth-order valence-corrected chi connectivity index (χ4v) is 4.04. The van der Waals surface area contributed by atoms with Gasteiger partial charge in [-0.3, -0.25) is 5.32 Å². The number of hydrogen-bond donors (Lipinski definition) is 1. The quantitative estimate of drug-likeness (QED) is 0.708. The molecule has 6 heteroatoms. The van der Waals surface area contributed by atoms with Crippen LogP contribution in [0.5, 0.6) is 5.75 Å². The average Bonchev–Trinajstić information content (AvgIpc) is 3.05. The van der Waals surface area contributed by atoms with E-state index in [4.69, 9.17) is 9.84 Å². The first kappa shape index (κ1) is 17.7. The van der Waals surface area contributed by atoms with Crippen LogP contribution >= 0.6 is 11.8 Å². The number of benzene rings is 2. The topological polar surface area (TPSA) is 56.2 Å². The van der Waals surface area contributed by atoms with Crippen LogP contribution in [-0.4, -0.2) is 27.4 Å². The van der Waals surface area contributed by atoms with Gasteiger partial charge in [0.25, 0.3) is 0 Å². The van der Waals surface area contributed by atoms with Crippen LogP contribution in [0.15, 0.2) is 60.7 Å². The molecule has 0 aliphatic carbocycles. The van der Waals surface area contributed by atoms with Crippen molar-refractivity contribution in [3.8, 4) is 11.4 Å². The summed E-state index contributed by atoms with van der Waals surface area (Å²) in [4.78, 5) is 12.4. The molecule has 1 amide bonds. The number of hydrogen-bond acceptors (Lipinski definition) is 4. The molecule has 4 rings (SSSR count). The molecule has 1 aliphatic heterocycles. The number of nitrogens with zero attached hydrogens (tertiary/aromatic N) is 2. The molecule has 5 nitrogen and oxygen atoms in total. The molecule has 138 valence electrons. The summed E-state index contributed by atoms with van der Waals surface area (Å²) in [7, 11) is 0. The Labute approximate surface area is 162 Å². The molecule has 1 saturated heterocycles. The van der Waals surface area contributed by atoms with Crippen molar-refractivity contribution in [2.24, 2.45) is 0 Å². The molecular formula is C21H21N3O2S. The summed E-state index contributed by atoms with van der Waals surface area (Å²) in [5.74, 6) is 3.17. The molecule has 1 aliphatic rings. The van der Waals surface area contributed by atoms with Gasteiger partial charge >= 0.3 is 6.09 Å². The van der Waals surface area contributed by atoms with Crippen molar-refractivity contribution in [2.45, 2.75) is 19.3 Å². The molecule has 1 aromatic heterocycles. The van der Waals surface area contributed by atoms with Crippen molar-refractivity contribution in [3.05, 3.63) is 71.9 Å². The first-order valence-corrected chi connectivity index (χ1v) is 9.98. The fraction of sp³-hybridized carbons (Fsp3) is 0.238. The van der Waals surface area contributed by atoms with Gasteiger partial charge in [-0.1, -0.05) is 42.8 Å². The number of rotatable bonds is 4. The Hall–Kier alpha value is -2.73. The molecule has 3 aromatic rings. The van der Waals surface area contributed by atoms with Gasteiger partial charge in [0, 0.05) is 23.0 Å². The predicted octanol–water partition coefficient (Wildman–Crippen LogP) is 4.80. The maximum absolute atomic E-state index is 12.4. The third-order valence-corrected chi connectivity index (χ3v) is 6.31. The Kier molecular flexibility index (Phi) is 4.66. The van der Waals surface area contributed by atoms with E-state index in [2.05, 4.69) is 12.2 Å². The zero-order valence-corrected chi connectivity index (χ0v) is 16.1. The Morgan fingerprint density at radius 2 is 1.85 bits per heavy atom. The SMILES string of the molecule is Cc1ccc(-n2nc(C3(C)CSC3)cc2NC(=O)Oc2ccccc2)cc1. The zero-order chi connectivity index (χ0) is 18.9. The van der Waals surface area contributed by atoms with Crippen LogP contribution in [0.25, 0.3) is 5.69 Å². The number of nitrogens with one attached hydrogen (secondary N) is 1. The minimum atomic E-state index is -0.533. The number of amides is 1. The normalized spacial score (nSPS) is 15.0. The van der Waals surface area contributed by atoms with Crippen LogP contribution in [0.1, 0.15) is 18.2 Å². The molecule has 27 heavy (non-hydrogen) atoms. The van der Waals surface area contributed by atoms with E-state index in [0.717, 1.165) is 22.9 Å². The Morgan fingerprint density at radius 1 is 1.15 bits per heavy atom. The summed E-state index contributed by atoms with van der Waals surface area (Å²) in [5, 5.41) is 7.64. The highest BCUT2D eigenvalue weighted by atomic mass is 32.2. The van der Waals surface area contributed by atoms with Crippen molar-refractivity contribution >= 4 is 23.7 Å². The second-order valence-electron chi connectivity index (χ2n) is 7.04. The van der Waals surface area contributed by atoms with Gasteiger partial charge in [-0.25, -0.2) is 9.48 Å². The van der Waals surface area contributed by atoms with Crippen molar-refractivity contribution in [1.82, 2.24) is 9.78 Å². The lowest BCUT2D eigenvalue weighted by Crippen LogP contribution is -2.37. The highest BCUT2D eigenvalue weighted by molar-refractivity contribution is 8.00. The van der Waals surface area contributed by atoms with Gasteiger partial charge in [0.15, 0.2) is 0 Å². The molecule has 1 fully saturated rings. The van der Waals surface area contributed by atoms with Gasteiger partial charge in [-0.05, 0) is 31.2 Å². The molecule has 0 unspecified atom stereocenters. The lowest BCUT2D eigenvalue weighted by Gasteiger charge is -2.35. The summed E-state index contributed by atoms with van der Waals surface area (Å²) in [6, 6.07) is 19.0. The summed E-state index contributed by atoms with van der Waals surface area (Å²) >= 11 is 1.91. The number of aromatic nitrogens is 2. The standard InChI is InChI=1S/C21H21N3O2S/c1-15-8-10-16(11-9-15)24-19(12-18(23-24)21(2)13-27-14-21)22-20(25)26-17-6-4-3-5-7-17/h3-12H,13-14H2,1-2H3,(H,22,25). The molecule has 1 N–H and O–H groups in total. The lowest BCUT2D eigenvalue weighted by atomic mass is 9.91. The van der Waals surface area contributed by atoms with Crippen molar-refractivity contribution in [3.63, 3.8) is 0 Å². The van der Waals surface area contributed by atoms with E-state index < -0.39 is 6.09 Å². The Morgan fingerprint density at radius 3 is 2.48 bits per heavy atom. The number of carbonyl (C=O) groups is 1. The van der Waals surface area contributed by atoms with E-state index >= 15 is 0 Å². The molecule has 0 bridgehead atoms. The Bertz CT molecular complexity index is 947. The zero-order valence-electron chi connectivity index (χ0n) is 15.3. The Balaban J connectivity index is 1.63. The molecule has 0 radical (unpaired) electrons. The minimum Gasteiger partial charge on any atom is -0.410 e. The summed E-state index contributed by atoms with van der Waals surface area (Å²) in [6.45, 7) is 4.25. The number of thioether (sulfide) groups is 1. The van der Waals surface area contributed by atoms with E-state index in [9.17, 15) is 4.79 Å². The number of anilines is 1. The van der Waals surface area contributed by atoms with Gasteiger partial charge in [-0.15, -0.1) is 0 Å². The highest BCUT2D eigenvalue weighted by Crippen LogP contribution is 2.40. The third-order valence-electron chi connectivity index (χ3n) is 4.63. The lowest BCUT2D eigenvalue weighted by molar-refractivity contribution is 0.215. The van der Waals surface area contributed by atoms with Gasteiger partial charge in [0.2, 0.25) is 0 Å². The van der Waals surface area contributed by atoms with Crippen LogP contribution in [-0.2, 0) is 5.41 Å². The highest BCUT2D eigenvalue weighted by Gasteiger charge is 2.37. The van der Waals surface area contributed by atoms with Crippen LogP contribution in [0.4, 0.5) is 10.6 Å². The minimum absolute atomic E-state index is 0.0420. The van der Waals surface area contributed by atoms with Gasteiger partial charge in [-0.2, -0.15) is 16.9 Å². The predicted molar refractivity (Wildman–Crippen MR) is 109 cm³/mol. The van der Waals surface area contributed by atoms with Crippen molar-refractivity contribution < 1.29 is 9.53 Å². The number of ether oxygens (including phenoxy) is 1. The smallest absolute Gasteiger partial charge is 0.410 e. The molecule has 0 spiro atoms. The second kappa shape index (κ2) is 7.12. The summed E-state index contributed by atoms with van der Waals surface area (Å²) in [5.41, 5.74) is 3.10. The van der Waals surface area contributed by atoms with Gasteiger partial charge in [0.05, 0.1) is 11.4 Å². The first-order chi connectivity index (χ1) is 13.0. The van der Waals surface area contributed by atoms with Crippen LogP contribution in [0.2, 0.25) is 0 Å². The van der Waals surface area contributed by atoms with Crippen molar-refractivity contribution in [1.29, 1.82) is 0 Å². The number of carbonyl (C=O) groups excluding carboxylic acids is 1. The maximum atomic E-state index is 12.4. The van der Waals surface area contributed by atoms with Crippen LogP contribution in [0, 0.1) is 6.92 Å². The molecule has 0 saturated carbocycles. The van der Waals surface area contributed by atoms with Crippen molar-refractivity contribution in [2.75, 3.05) is 16.8 Å². The van der Waals surface area contributed by atoms with E-state index in [1.165, 1.54) is 5.56 Å². The van der Waals surface area contributed by atoms with E-state index in [-0.39, 0.29) is 5.41 Å². The van der Waals surface area contributed by atoms with Crippen LogP contribution in [0.3, 0.4) is 0 Å². The first-order valence-electron chi connectivity index (χ1n) is 8.83. The largest absolute Gasteiger partial charge is 0.418 e. The fourth-order valence-electron chi connectivity index (χ4n) is 2.93. The average molecular weight is 379 g/mol. The maximum Gasteiger partial charge on any atom is 0.418 e. The molecule has 2 aromatic carbocycles. The number of aryl methyl sites for hydroxylation is 1. The molecule has 2 heterocycles. The monoisotopic (exact) mass is 379 g/mol. The van der Waals surface area contributed by atoms with E-state index in [1.54, 1.807) is 16.8 Å². The number of para-hydroxylation sites is 1.